The number of hydrogen-bond donors (Lipinski definition) is 2. The number of aliphatic hydroxyl groups excluding tert-OH is 1. The molecule has 0 amide bonds. The van der Waals surface area contributed by atoms with Crippen LogP contribution in [0.4, 0.5) is 13.2 Å². The Morgan fingerprint density at radius 2 is 1.92 bits per heavy atom. The Morgan fingerprint density at radius 3 is 2.42 bits per heavy atom. The van der Waals surface area contributed by atoms with Crippen LogP contribution in [0.15, 0.2) is 35.1 Å². The lowest BCUT2D eigenvalue weighted by atomic mass is 9.93. The van der Waals surface area contributed by atoms with Gasteiger partial charge in [-0.3, -0.25) is 9.59 Å². The van der Waals surface area contributed by atoms with E-state index in [1.165, 1.54) is 19.1 Å². The first-order valence-electron chi connectivity index (χ1n) is 7.10. The summed E-state index contributed by atoms with van der Waals surface area (Å²) in [4.78, 5) is 29.9. The first-order valence-corrected chi connectivity index (χ1v) is 7.10. The second-order valence-corrected chi connectivity index (χ2v) is 5.34. The number of hydrogen-bond acceptors (Lipinski definition) is 4. The summed E-state index contributed by atoms with van der Waals surface area (Å²) < 4.78 is 37.7. The minimum atomic E-state index is -4.45. The molecule has 1 atom stereocenters. The number of aromatic amines is 1. The molecule has 0 bridgehead atoms. The smallest absolute Gasteiger partial charge is 0.396 e. The van der Waals surface area contributed by atoms with Crippen molar-refractivity contribution in [3.63, 3.8) is 0 Å². The molecule has 8 heteroatoms. The number of nitrogens with zero attached hydrogens (tertiary/aromatic N) is 1. The summed E-state index contributed by atoms with van der Waals surface area (Å²) in [5, 5.41) is 9.45. The quantitative estimate of drug-likeness (QED) is 0.819. The van der Waals surface area contributed by atoms with Crippen LogP contribution in [-0.4, -0.2) is 27.5 Å². The summed E-state index contributed by atoms with van der Waals surface area (Å²) in [5.41, 5.74) is -0.913. The zero-order valence-electron chi connectivity index (χ0n) is 12.7. The van der Waals surface area contributed by atoms with E-state index >= 15 is 0 Å². The second kappa shape index (κ2) is 6.96. The molecule has 0 aliphatic heterocycles. The Morgan fingerprint density at radius 1 is 1.29 bits per heavy atom. The van der Waals surface area contributed by atoms with E-state index in [1.807, 2.05) is 0 Å². The Hall–Kier alpha value is -2.48. The second-order valence-electron chi connectivity index (χ2n) is 5.34. The van der Waals surface area contributed by atoms with Crippen LogP contribution in [0.3, 0.4) is 0 Å². The number of carbonyl (C=O) groups is 1. The number of aryl methyl sites for hydroxylation is 1. The van der Waals surface area contributed by atoms with Crippen LogP contribution in [0, 0.1) is 6.92 Å². The molecule has 1 aromatic heterocycles. The van der Waals surface area contributed by atoms with E-state index in [9.17, 15) is 27.9 Å². The number of H-pyrrole nitrogens is 1. The maximum atomic E-state index is 12.6. The molecule has 0 fully saturated rings. The number of ketones is 1. The van der Waals surface area contributed by atoms with Crippen LogP contribution in [-0.2, 0) is 6.18 Å². The van der Waals surface area contributed by atoms with Crippen molar-refractivity contribution in [2.45, 2.75) is 25.4 Å². The van der Waals surface area contributed by atoms with Gasteiger partial charge in [-0.15, -0.1) is 0 Å². The lowest BCUT2D eigenvalue weighted by Crippen LogP contribution is -2.17. The molecule has 0 aliphatic carbocycles. The third-order valence-corrected chi connectivity index (χ3v) is 3.51. The molecule has 0 spiro atoms. The highest BCUT2D eigenvalue weighted by molar-refractivity contribution is 5.94. The molecule has 128 valence electrons. The number of nitrogens with one attached hydrogen (secondary N) is 1. The molecule has 2 aromatic rings. The van der Waals surface area contributed by atoms with Crippen molar-refractivity contribution < 1.29 is 23.1 Å². The van der Waals surface area contributed by atoms with Crippen molar-refractivity contribution in [1.29, 1.82) is 0 Å². The van der Waals surface area contributed by atoms with Gasteiger partial charge in [-0.05, 0) is 24.6 Å². The maximum absolute atomic E-state index is 12.6. The average molecular weight is 340 g/mol. The number of Topliss-reactive ketones (excluding diaryl/α,β-unsaturated/α-hetero) is 1. The summed E-state index contributed by atoms with van der Waals surface area (Å²) in [6.07, 6.45) is -4.62. The highest BCUT2D eigenvalue weighted by Gasteiger charge is 2.30. The van der Waals surface area contributed by atoms with Crippen LogP contribution < -0.4 is 5.56 Å². The summed E-state index contributed by atoms with van der Waals surface area (Å²) in [7, 11) is 0. The van der Waals surface area contributed by atoms with E-state index in [4.69, 9.17) is 0 Å². The van der Waals surface area contributed by atoms with Crippen LogP contribution >= 0.6 is 0 Å². The van der Waals surface area contributed by atoms with Crippen LogP contribution in [0.5, 0.6) is 0 Å². The molecular formula is C16H15F3N2O3. The van der Waals surface area contributed by atoms with Gasteiger partial charge in [-0.25, -0.2) is 4.98 Å². The van der Waals surface area contributed by atoms with Gasteiger partial charge in [0, 0.05) is 18.4 Å². The van der Waals surface area contributed by atoms with Gasteiger partial charge in [0.2, 0.25) is 0 Å². The Bertz CT molecular complexity index is 782. The van der Waals surface area contributed by atoms with E-state index in [0.717, 1.165) is 18.2 Å². The van der Waals surface area contributed by atoms with Crippen LogP contribution in [0.1, 0.15) is 39.8 Å². The predicted molar refractivity (Wildman–Crippen MR) is 79.8 cm³/mol. The van der Waals surface area contributed by atoms with Crippen molar-refractivity contribution in [3.05, 3.63) is 63.3 Å². The highest BCUT2D eigenvalue weighted by Crippen LogP contribution is 2.30. The maximum Gasteiger partial charge on any atom is 0.416 e. The number of aliphatic hydroxyl groups is 1. The molecule has 0 saturated carbocycles. The van der Waals surface area contributed by atoms with Crippen molar-refractivity contribution in [2.75, 3.05) is 6.61 Å². The minimum absolute atomic E-state index is 0.0402. The molecule has 2 rings (SSSR count). The largest absolute Gasteiger partial charge is 0.416 e. The highest BCUT2D eigenvalue weighted by atomic mass is 19.4. The molecule has 1 heterocycles. The molecule has 1 aromatic carbocycles. The van der Waals surface area contributed by atoms with Gasteiger partial charge < -0.3 is 10.1 Å². The van der Waals surface area contributed by atoms with Gasteiger partial charge in [-0.1, -0.05) is 12.1 Å². The van der Waals surface area contributed by atoms with Gasteiger partial charge >= 0.3 is 6.18 Å². The summed E-state index contributed by atoms with van der Waals surface area (Å²) in [6, 6.07) is 5.31. The van der Waals surface area contributed by atoms with Crippen LogP contribution in [0.25, 0.3) is 0 Å². The lowest BCUT2D eigenvalue weighted by Gasteiger charge is -2.15. The van der Waals surface area contributed by atoms with Gasteiger partial charge in [0.1, 0.15) is 11.5 Å². The molecule has 1 unspecified atom stereocenters. The fraction of sp³-hybridized carbons (Fsp3) is 0.312. The van der Waals surface area contributed by atoms with Gasteiger partial charge in [0.15, 0.2) is 5.78 Å². The predicted octanol–water partition coefficient (Wildman–Crippen LogP) is 2.45. The van der Waals surface area contributed by atoms with Crippen molar-refractivity contribution in [2.24, 2.45) is 0 Å². The topological polar surface area (TPSA) is 83.0 Å². The number of alkyl halides is 3. The molecule has 24 heavy (non-hydrogen) atoms. The molecular weight excluding hydrogens is 325 g/mol. The molecule has 5 nitrogen and oxygen atoms in total. The van der Waals surface area contributed by atoms with Gasteiger partial charge in [0.25, 0.3) is 5.56 Å². The third kappa shape index (κ3) is 4.29. The zero-order valence-corrected chi connectivity index (χ0v) is 12.7. The Labute approximate surface area is 135 Å². The fourth-order valence-electron chi connectivity index (χ4n) is 2.28. The zero-order chi connectivity index (χ0) is 17.9. The fourth-order valence-corrected chi connectivity index (χ4v) is 2.28. The van der Waals surface area contributed by atoms with E-state index in [1.54, 1.807) is 0 Å². The molecule has 0 saturated heterocycles. The summed E-state index contributed by atoms with van der Waals surface area (Å²) in [5.74, 6) is -0.870. The normalized spacial score (nSPS) is 12.9. The van der Waals surface area contributed by atoms with E-state index in [2.05, 4.69) is 9.97 Å². The summed E-state index contributed by atoms with van der Waals surface area (Å²) in [6.45, 7) is 1.11. The first kappa shape index (κ1) is 17.9. The van der Waals surface area contributed by atoms with Crippen molar-refractivity contribution >= 4 is 5.78 Å². The molecule has 0 radical (unpaired) electrons. The van der Waals surface area contributed by atoms with Crippen LogP contribution in [0.2, 0.25) is 0 Å². The van der Waals surface area contributed by atoms with E-state index < -0.39 is 35.6 Å². The Balaban J connectivity index is 2.19. The van der Waals surface area contributed by atoms with Crippen molar-refractivity contribution in [3.8, 4) is 0 Å². The van der Waals surface area contributed by atoms with Crippen molar-refractivity contribution in [1.82, 2.24) is 9.97 Å². The average Bonchev–Trinajstić information content (AvgIpc) is 2.50. The number of carbonyl (C=O) groups excluding carboxylic acids is 1. The SMILES string of the molecule is Cc1nc(C(=O)CC(CO)c2ccc(C(F)(F)F)cc2)cc(=O)[nH]1. The number of rotatable bonds is 5. The number of halogens is 3. The first-order chi connectivity index (χ1) is 11.2. The number of benzene rings is 1. The monoisotopic (exact) mass is 340 g/mol. The standard InChI is InChI=1S/C16H15F3N2O3/c1-9-20-13(7-15(24)21-9)14(23)6-11(8-22)10-2-4-12(5-3-10)16(17,18)19/h2-5,7,11,22H,6,8H2,1H3,(H,20,21,24). The van der Waals surface area contributed by atoms with Gasteiger partial charge in [0.05, 0.1) is 12.2 Å². The Kier molecular flexibility index (Phi) is 5.18. The van der Waals surface area contributed by atoms with Gasteiger partial charge in [-0.2, -0.15) is 13.2 Å². The number of aromatic nitrogens is 2. The minimum Gasteiger partial charge on any atom is -0.396 e. The third-order valence-electron chi connectivity index (χ3n) is 3.51. The van der Waals surface area contributed by atoms with E-state index in [0.29, 0.717) is 5.56 Å². The molecule has 0 aliphatic rings. The van der Waals surface area contributed by atoms with E-state index in [-0.39, 0.29) is 17.9 Å². The molecule has 2 N–H and O–H groups in total. The summed E-state index contributed by atoms with van der Waals surface area (Å²) >= 11 is 0. The lowest BCUT2D eigenvalue weighted by molar-refractivity contribution is -0.137.